The first kappa shape index (κ1) is 17.0. The molecule has 22 heavy (non-hydrogen) atoms. The van der Waals surface area contributed by atoms with Gasteiger partial charge < -0.3 is 4.90 Å². The Labute approximate surface area is 133 Å². The van der Waals surface area contributed by atoms with Crippen LogP contribution in [0.15, 0.2) is 24.3 Å². The van der Waals surface area contributed by atoms with Crippen LogP contribution in [0.25, 0.3) is 0 Å². The highest BCUT2D eigenvalue weighted by Crippen LogP contribution is 2.13. The Hall–Kier alpha value is -1.40. The zero-order valence-electron chi connectivity index (χ0n) is 13.3. The molecule has 0 aromatic heterocycles. The van der Waals surface area contributed by atoms with Crippen LogP contribution in [0.2, 0.25) is 0 Å². The summed E-state index contributed by atoms with van der Waals surface area (Å²) in [6.45, 7) is 3.80. The molecule has 0 unspecified atom stereocenters. The SMILES string of the molecule is CCCCc1ccc(C(=O)N2CCN(S(C)(=O)=O)CC2)cc1. The number of carbonyl (C=O) groups is 1. The predicted molar refractivity (Wildman–Crippen MR) is 87.4 cm³/mol. The number of nitrogens with zero attached hydrogens (tertiary/aromatic N) is 2. The van der Waals surface area contributed by atoms with Crippen LogP contribution in [0, 0.1) is 0 Å². The maximum atomic E-state index is 12.4. The van der Waals surface area contributed by atoms with Gasteiger partial charge >= 0.3 is 0 Å². The first-order valence-corrected chi connectivity index (χ1v) is 9.60. The summed E-state index contributed by atoms with van der Waals surface area (Å²) in [6.07, 6.45) is 4.56. The van der Waals surface area contributed by atoms with Gasteiger partial charge in [0.05, 0.1) is 6.26 Å². The van der Waals surface area contributed by atoms with Crippen LogP contribution < -0.4 is 0 Å². The van der Waals surface area contributed by atoms with E-state index in [-0.39, 0.29) is 5.91 Å². The Balaban J connectivity index is 1.95. The Morgan fingerprint density at radius 1 is 1.09 bits per heavy atom. The second kappa shape index (κ2) is 7.24. The summed E-state index contributed by atoms with van der Waals surface area (Å²) in [6, 6.07) is 7.76. The number of hydrogen-bond acceptors (Lipinski definition) is 3. The van der Waals surface area contributed by atoms with Gasteiger partial charge in [0.2, 0.25) is 10.0 Å². The van der Waals surface area contributed by atoms with Crippen molar-refractivity contribution in [1.82, 2.24) is 9.21 Å². The first-order chi connectivity index (χ1) is 10.4. The van der Waals surface area contributed by atoms with E-state index in [4.69, 9.17) is 0 Å². The van der Waals surface area contributed by atoms with Crippen molar-refractivity contribution in [2.75, 3.05) is 32.4 Å². The van der Waals surface area contributed by atoms with Crippen LogP contribution in [0.1, 0.15) is 35.7 Å². The van der Waals surface area contributed by atoms with Gasteiger partial charge in [0, 0.05) is 31.7 Å². The molecule has 0 radical (unpaired) electrons. The fraction of sp³-hybridized carbons (Fsp3) is 0.562. The van der Waals surface area contributed by atoms with Crippen LogP contribution in [0.5, 0.6) is 0 Å². The van der Waals surface area contributed by atoms with E-state index in [1.807, 2.05) is 24.3 Å². The lowest BCUT2D eigenvalue weighted by atomic mass is 10.1. The van der Waals surface area contributed by atoms with Crippen molar-refractivity contribution in [2.45, 2.75) is 26.2 Å². The second-order valence-electron chi connectivity index (χ2n) is 5.75. The lowest BCUT2D eigenvalue weighted by molar-refractivity contribution is 0.0698. The number of rotatable bonds is 5. The number of amides is 1. The Morgan fingerprint density at radius 2 is 1.68 bits per heavy atom. The number of unbranched alkanes of at least 4 members (excludes halogenated alkanes) is 1. The summed E-state index contributed by atoms with van der Waals surface area (Å²) in [4.78, 5) is 14.2. The number of carbonyl (C=O) groups excluding carboxylic acids is 1. The Morgan fingerprint density at radius 3 is 2.18 bits per heavy atom. The number of hydrogen-bond donors (Lipinski definition) is 0. The van der Waals surface area contributed by atoms with E-state index >= 15 is 0 Å². The topological polar surface area (TPSA) is 57.7 Å². The molecule has 122 valence electrons. The van der Waals surface area contributed by atoms with Crippen LogP contribution in [-0.4, -0.2) is 56.0 Å². The molecule has 0 spiro atoms. The molecule has 1 aliphatic rings. The zero-order valence-corrected chi connectivity index (χ0v) is 14.1. The van der Waals surface area contributed by atoms with E-state index in [2.05, 4.69) is 6.92 Å². The molecule has 0 aliphatic carbocycles. The summed E-state index contributed by atoms with van der Waals surface area (Å²) < 4.78 is 24.4. The summed E-state index contributed by atoms with van der Waals surface area (Å²) >= 11 is 0. The fourth-order valence-corrected chi connectivity index (χ4v) is 3.43. The minimum Gasteiger partial charge on any atom is -0.336 e. The van der Waals surface area contributed by atoms with Gasteiger partial charge in [-0.3, -0.25) is 4.79 Å². The monoisotopic (exact) mass is 324 g/mol. The van der Waals surface area contributed by atoms with E-state index in [1.165, 1.54) is 16.1 Å². The van der Waals surface area contributed by atoms with E-state index < -0.39 is 10.0 Å². The molecular formula is C16H24N2O3S. The molecule has 1 amide bonds. The number of piperazine rings is 1. The maximum Gasteiger partial charge on any atom is 0.253 e. The molecule has 1 aliphatic heterocycles. The highest BCUT2D eigenvalue weighted by molar-refractivity contribution is 7.88. The molecule has 0 N–H and O–H groups in total. The highest BCUT2D eigenvalue weighted by atomic mass is 32.2. The molecule has 1 aromatic carbocycles. The quantitative estimate of drug-likeness (QED) is 0.829. The number of aryl methyl sites for hydroxylation is 1. The van der Waals surface area contributed by atoms with Gasteiger partial charge in [0.25, 0.3) is 5.91 Å². The van der Waals surface area contributed by atoms with Crippen molar-refractivity contribution in [2.24, 2.45) is 0 Å². The smallest absolute Gasteiger partial charge is 0.253 e. The average Bonchev–Trinajstić information content (AvgIpc) is 2.52. The van der Waals surface area contributed by atoms with Gasteiger partial charge in [-0.2, -0.15) is 4.31 Å². The number of benzene rings is 1. The Bertz CT molecular complexity index is 603. The highest BCUT2D eigenvalue weighted by Gasteiger charge is 2.26. The van der Waals surface area contributed by atoms with Crippen molar-refractivity contribution in [3.8, 4) is 0 Å². The van der Waals surface area contributed by atoms with Gasteiger partial charge in [-0.15, -0.1) is 0 Å². The van der Waals surface area contributed by atoms with Gasteiger partial charge in [-0.25, -0.2) is 8.42 Å². The van der Waals surface area contributed by atoms with Crippen molar-refractivity contribution in [3.05, 3.63) is 35.4 Å². The molecular weight excluding hydrogens is 300 g/mol. The van der Waals surface area contributed by atoms with Crippen LogP contribution in [0.3, 0.4) is 0 Å². The van der Waals surface area contributed by atoms with E-state index in [1.54, 1.807) is 4.90 Å². The lowest BCUT2D eigenvalue weighted by Crippen LogP contribution is -2.50. The Kier molecular flexibility index (Phi) is 5.58. The first-order valence-electron chi connectivity index (χ1n) is 7.75. The minimum atomic E-state index is -3.16. The number of sulfonamides is 1. The molecule has 1 saturated heterocycles. The van der Waals surface area contributed by atoms with Crippen molar-refractivity contribution >= 4 is 15.9 Å². The van der Waals surface area contributed by atoms with Crippen molar-refractivity contribution in [1.29, 1.82) is 0 Å². The molecule has 0 atom stereocenters. The van der Waals surface area contributed by atoms with Crippen molar-refractivity contribution < 1.29 is 13.2 Å². The summed E-state index contributed by atoms with van der Waals surface area (Å²) in [7, 11) is -3.16. The minimum absolute atomic E-state index is 0.0183. The van der Waals surface area contributed by atoms with Crippen LogP contribution in [-0.2, 0) is 16.4 Å². The summed E-state index contributed by atoms with van der Waals surface area (Å²) in [5, 5.41) is 0. The molecule has 1 fully saturated rings. The van der Waals surface area contributed by atoms with Gasteiger partial charge in [0.15, 0.2) is 0 Å². The lowest BCUT2D eigenvalue weighted by Gasteiger charge is -2.33. The van der Waals surface area contributed by atoms with Crippen LogP contribution in [0.4, 0.5) is 0 Å². The van der Waals surface area contributed by atoms with Gasteiger partial charge in [0.1, 0.15) is 0 Å². The molecule has 6 heteroatoms. The van der Waals surface area contributed by atoms with E-state index in [9.17, 15) is 13.2 Å². The average molecular weight is 324 g/mol. The molecule has 2 rings (SSSR count). The third kappa shape index (κ3) is 4.30. The fourth-order valence-electron chi connectivity index (χ4n) is 2.60. The molecule has 0 saturated carbocycles. The largest absolute Gasteiger partial charge is 0.336 e. The zero-order chi connectivity index (χ0) is 16.2. The van der Waals surface area contributed by atoms with Gasteiger partial charge in [-0.1, -0.05) is 25.5 Å². The van der Waals surface area contributed by atoms with Crippen LogP contribution >= 0.6 is 0 Å². The standard InChI is InChI=1S/C16H24N2O3S/c1-3-4-5-14-6-8-15(9-7-14)16(19)17-10-12-18(13-11-17)22(2,20)21/h6-9H,3-5,10-13H2,1-2H3. The molecule has 0 bridgehead atoms. The summed E-state index contributed by atoms with van der Waals surface area (Å²) in [5.74, 6) is -0.0183. The van der Waals surface area contributed by atoms with Crippen molar-refractivity contribution in [3.63, 3.8) is 0 Å². The maximum absolute atomic E-state index is 12.4. The molecule has 5 nitrogen and oxygen atoms in total. The summed E-state index contributed by atoms with van der Waals surface area (Å²) in [5.41, 5.74) is 1.92. The predicted octanol–water partition coefficient (Wildman–Crippen LogP) is 1.75. The van der Waals surface area contributed by atoms with E-state index in [0.717, 1.165) is 19.3 Å². The normalized spacial score (nSPS) is 16.7. The van der Waals surface area contributed by atoms with E-state index in [0.29, 0.717) is 31.7 Å². The molecule has 1 heterocycles. The third-order valence-corrected chi connectivity index (χ3v) is 5.32. The molecule has 1 aromatic rings. The second-order valence-corrected chi connectivity index (χ2v) is 7.74. The van der Waals surface area contributed by atoms with Gasteiger partial charge in [-0.05, 0) is 30.5 Å². The third-order valence-electron chi connectivity index (χ3n) is 4.01.